The topological polar surface area (TPSA) is 67.6 Å². The Bertz CT molecular complexity index is 982. The quantitative estimate of drug-likeness (QED) is 0.383. The van der Waals surface area contributed by atoms with Crippen LogP contribution in [0.4, 0.5) is 4.39 Å². The molecule has 2 aromatic rings. The molecule has 1 N–H and O–H groups in total. The average Bonchev–Trinajstić information content (AvgIpc) is 3.15. The predicted molar refractivity (Wildman–Crippen MR) is 133 cm³/mol. The van der Waals surface area contributed by atoms with E-state index in [4.69, 9.17) is 22.1 Å². The van der Waals surface area contributed by atoms with Crippen LogP contribution in [0.5, 0.6) is 0 Å². The molecule has 3 rings (SSSR count). The van der Waals surface area contributed by atoms with Crippen molar-refractivity contribution in [2.24, 2.45) is 5.92 Å². The highest BCUT2D eigenvalue weighted by Crippen LogP contribution is 2.23. The van der Waals surface area contributed by atoms with Gasteiger partial charge >= 0.3 is 0 Å². The molecule has 1 atom stereocenters. The van der Waals surface area contributed by atoms with Gasteiger partial charge in [-0.15, -0.1) is 0 Å². The number of piperidine rings is 1. The Morgan fingerprint density at radius 1 is 1.29 bits per heavy atom. The van der Waals surface area contributed by atoms with Crippen molar-refractivity contribution >= 4 is 18.1 Å². The summed E-state index contributed by atoms with van der Waals surface area (Å²) in [7, 11) is 3.99. The number of carbonyl (C=O) groups is 1. The maximum Gasteiger partial charge on any atom is 0.223 e. The fraction of sp³-hybridized carbons (Fsp3) is 0.625. The Morgan fingerprint density at radius 3 is 2.59 bits per heavy atom. The van der Waals surface area contributed by atoms with Crippen LogP contribution in [0.2, 0.25) is 0 Å². The lowest BCUT2D eigenvalue weighted by Gasteiger charge is -2.30. The lowest BCUT2D eigenvalue weighted by molar-refractivity contribution is -0.126. The highest BCUT2D eigenvalue weighted by Gasteiger charge is 2.26. The van der Waals surface area contributed by atoms with Crippen LogP contribution in [0.3, 0.4) is 0 Å². The molecule has 10 heteroatoms. The standard InChI is InChI=1S/C24H37FN6O2S/c1-5-33-16-6-13-26-23(32)19-11-14-29(15-12-19)17-30-24(34)31(21-9-7-20(25)8-10-21)22(27-30)18(2)28(3)4/h7-10,18-19H,5-6,11-17H2,1-4H3,(H,26,32). The molecule has 0 radical (unpaired) electrons. The van der Waals surface area contributed by atoms with Crippen LogP contribution < -0.4 is 5.32 Å². The van der Waals surface area contributed by atoms with Gasteiger partial charge in [0, 0.05) is 44.5 Å². The van der Waals surface area contributed by atoms with E-state index < -0.39 is 0 Å². The summed E-state index contributed by atoms with van der Waals surface area (Å²) in [5.74, 6) is 0.696. The molecule has 1 aliphatic rings. The van der Waals surface area contributed by atoms with Crippen LogP contribution in [0, 0.1) is 16.5 Å². The third-order valence-electron chi connectivity index (χ3n) is 6.36. The summed E-state index contributed by atoms with van der Waals surface area (Å²) >= 11 is 5.79. The van der Waals surface area contributed by atoms with Crippen molar-refractivity contribution in [3.05, 3.63) is 40.7 Å². The van der Waals surface area contributed by atoms with Crippen molar-refractivity contribution in [1.82, 2.24) is 29.5 Å². The summed E-state index contributed by atoms with van der Waals surface area (Å²) in [5, 5.41) is 7.88. The summed E-state index contributed by atoms with van der Waals surface area (Å²) in [4.78, 5) is 16.8. The van der Waals surface area contributed by atoms with E-state index in [1.807, 2.05) is 30.3 Å². The number of nitrogens with zero attached hydrogens (tertiary/aromatic N) is 5. The van der Waals surface area contributed by atoms with Crippen LogP contribution in [0.1, 0.15) is 45.0 Å². The van der Waals surface area contributed by atoms with Crippen molar-refractivity contribution in [3.63, 3.8) is 0 Å². The Hall–Kier alpha value is -2.14. The molecule has 188 valence electrons. The first-order valence-electron chi connectivity index (χ1n) is 12.0. The number of ether oxygens (including phenoxy) is 1. The van der Waals surface area contributed by atoms with E-state index in [0.29, 0.717) is 31.2 Å². The van der Waals surface area contributed by atoms with Crippen LogP contribution in [0.15, 0.2) is 24.3 Å². The molecule has 0 saturated carbocycles. The molecule has 1 unspecified atom stereocenters. The van der Waals surface area contributed by atoms with Crippen molar-refractivity contribution in [3.8, 4) is 5.69 Å². The third-order valence-corrected chi connectivity index (χ3v) is 6.75. The first-order valence-corrected chi connectivity index (χ1v) is 12.4. The maximum absolute atomic E-state index is 13.5. The van der Waals surface area contributed by atoms with Crippen LogP contribution in [-0.4, -0.2) is 77.0 Å². The van der Waals surface area contributed by atoms with Crippen LogP contribution in [-0.2, 0) is 16.2 Å². The molecule has 1 fully saturated rings. The number of nitrogens with one attached hydrogen (secondary N) is 1. The normalized spacial score (nSPS) is 16.2. The first-order chi connectivity index (χ1) is 16.3. The molecule has 34 heavy (non-hydrogen) atoms. The van der Waals surface area contributed by atoms with E-state index in [0.717, 1.165) is 43.9 Å². The zero-order chi connectivity index (χ0) is 24.7. The number of hydrogen-bond acceptors (Lipinski definition) is 6. The van der Waals surface area contributed by atoms with Crippen molar-refractivity contribution < 1.29 is 13.9 Å². The van der Waals surface area contributed by atoms with E-state index >= 15 is 0 Å². The number of carbonyl (C=O) groups excluding carboxylic acids is 1. The van der Waals surface area contributed by atoms with Crippen LogP contribution in [0.25, 0.3) is 5.69 Å². The second kappa shape index (κ2) is 12.5. The van der Waals surface area contributed by atoms with Gasteiger partial charge in [-0.05, 0) is 83.7 Å². The van der Waals surface area contributed by atoms with Gasteiger partial charge in [-0.2, -0.15) is 5.10 Å². The number of likely N-dealkylation sites (tertiary alicyclic amines) is 1. The third kappa shape index (κ3) is 6.71. The zero-order valence-electron chi connectivity index (χ0n) is 20.7. The summed E-state index contributed by atoms with van der Waals surface area (Å²) in [6.07, 6.45) is 2.45. The van der Waals surface area contributed by atoms with Gasteiger partial charge in [0.1, 0.15) is 5.82 Å². The lowest BCUT2D eigenvalue weighted by atomic mass is 9.96. The summed E-state index contributed by atoms with van der Waals surface area (Å²) < 4.78 is 23.2. The number of amides is 1. The molecule has 1 aromatic heterocycles. The molecule has 1 amide bonds. The molecule has 0 bridgehead atoms. The highest BCUT2D eigenvalue weighted by atomic mass is 32.1. The Morgan fingerprint density at radius 2 is 1.97 bits per heavy atom. The minimum absolute atomic E-state index is 0.0187. The average molecular weight is 493 g/mol. The summed E-state index contributed by atoms with van der Waals surface area (Å²) in [5.41, 5.74) is 0.793. The van der Waals surface area contributed by atoms with E-state index in [-0.39, 0.29) is 23.7 Å². The highest BCUT2D eigenvalue weighted by molar-refractivity contribution is 7.71. The number of halogens is 1. The van der Waals surface area contributed by atoms with Gasteiger partial charge in [0.15, 0.2) is 5.82 Å². The monoisotopic (exact) mass is 492 g/mol. The smallest absolute Gasteiger partial charge is 0.223 e. The Balaban J connectivity index is 1.65. The van der Waals surface area contributed by atoms with Gasteiger partial charge in [0.2, 0.25) is 10.7 Å². The molecule has 1 aromatic carbocycles. The van der Waals surface area contributed by atoms with Crippen molar-refractivity contribution in [2.45, 2.75) is 45.8 Å². The van der Waals surface area contributed by atoms with Gasteiger partial charge in [0.25, 0.3) is 0 Å². The molecule has 8 nitrogen and oxygen atoms in total. The maximum atomic E-state index is 13.5. The van der Waals surface area contributed by atoms with E-state index in [9.17, 15) is 9.18 Å². The molecule has 2 heterocycles. The molecular weight excluding hydrogens is 455 g/mol. The Kier molecular flexibility index (Phi) is 9.75. The zero-order valence-corrected chi connectivity index (χ0v) is 21.5. The number of rotatable bonds is 11. The minimum atomic E-state index is -0.286. The SMILES string of the molecule is CCOCCCNC(=O)C1CCN(Cn2nc(C(C)N(C)C)n(-c3ccc(F)cc3)c2=S)CC1. The molecule has 0 aliphatic carbocycles. The number of aromatic nitrogens is 3. The largest absolute Gasteiger partial charge is 0.382 e. The van der Waals surface area contributed by atoms with Crippen LogP contribution >= 0.6 is 12.2 Å². The number of benzene rings is 1. The first kappa shape index (κ1) is 26.5. The summed E-state index contributed by atoms with van der Waals surface area (Å²) in [6, 6.07) is 6.34. The second-order valence-corrected chi connectivity index (χ2v) is 9.33. The molecule has 1 aliphatic heterocycles. The van der Waals surface area contributed by atoms with Gasteiger partial charge < -0.3 is 10.1 Å². The Labute approximate surface area is 206 Å². The van der Waals surface area contributed by atoms with Gasteiger partial charge in [-0.25, -0.2) is 9.07 Å². The van der Waals surface area contributed by atoms with Crippen molar-refractivity contribution in [2.75, 3.05) is 46.9 Å². The van der Waals surface area contributed by atoms with E-state index in [2.05, 4.69) is 22.0 Å². The fourth-order valence-corrected chi connectivity index (χ4v) is 4.35. The number of hydrogen-bond donors (Lipinski definition) is 1. The van der Waals surface area contributed by atoms with E-state index in [1.165, 1.54) is 12.1 Å². The van der Waals surface area contributed by atoms with Gasteiger partial charge in [0.05, 0.1) is 12.7 Å². The van der Waals surface area contributed by atoms with Gasteiger partial charge in [-0.3, -0.25) is 19.2 Å². The predicted octanol–water partition coefficient (Wildman–Crippen LogP) is 3.38. The van der Waals surface area contributed by atoms with Crippen molar-refractivity contribution in [1.29, 1.82) is 0 Å². The van der Waals surface area contributed by atoms with E-state index in [1.54, 1.807) is 12.1 Å². The fourth-order valence-electron chi connectivity index (χ4n) is 4.05. The second-order valence-electron chi connectivity index (χ2n) is 8.97. The van der Waals surface area contributed by atoms with Gasteiger partial charge in [-0.1, -0.05) is 0 Å². The molecular formula is C24H37FN6O2S. The summed E-state index contributed by atoms with van der Waals surface area (Å²) in [6.45, 7) is 8.24. The lowest BCUT2D eigenvalue weighted by Crippen LogP contribution is -2.41. The molecule has 1 saturated heterocycles. The molecule has 0 spiro atoms. The minimum Gasteiger partial charge on any atom is -0.382 e.